The maximum absolute atomic E-state index is 13.1. The summed E-state index contributed by atoms with van der Waals surface area (Å²) in [6, 6.07) is 3.96. The third kappa shape index (κ3) is 2.84. The van der Waals surface area contributed by atoms with Gasteiger partial charge < -0.3 is 14.4 Å². The summed E-state index contributed by atoms with van der Waals surface area (Å²) in [4.78, 5) is 3.98. The van der Waals surface area contributed by atoms with Crippen LogP contribution in [0.15, 0.2) is 22.7 Å². The normalized spacial score (nSPS) is 12.4. The lowest BCUT2D eigenvalue weighted by Crippen LogP contribution is -2.02. The molecule has 0 saturated heterocycles. The Kier molecular flexibility index (Phi) is 3.57. The highest BCUT2D eigenvalue weighted by Crippen LogP contribution is 2.26. The Hall–Kier alpha value is -1.95. The fraction of sp³-hybridized carbons (Fsp3) is 0.333. The minimum Gasteiger partial charge on any atom is -0.483 e. The van der Waals surface area contributed by atoms with E-state index in [0.29, 0.717) is 23.0 Å². The van der Waals surface area contributed by atoms with Gasteiger partial charge in [-0.25, -0.2) is 4.39 Å². The zero-order chi connectivity index (χ0) is 13.1. The summed E-state index contributed by atoms with van der Waals surface area (Å²) in [6.45, 7) is 3.32. The number of aryl methyl sites for hydroxylation is 1. The minimum absolute atomic E-state index is 0.0756. The van der Waals surface area contributed by atoms with Gasteiger partial charge in [0.2, 0.25) is 0 Å². The first-order valence-electron chi connectivity index (χ1n) is 5.46. The Morgan fingerprint density at radius 2 is 2.28 bits per heavy atom. The summed E-state index contributed by atoms with van der Waals surface area (Å²) in [5.41, 5.74) is 0.381. The smallest absolute Gasteiger partial charge is 0.264 e. The van der Waals surface area contributed by atoms with Gasteiger partial charge in [0.25, 0.3) is 5.89 Å². The fourth-order valence-corrected chi connectivity index (χ4v) is 1.52. The maximum atomic E-state index is 13.1. The van der Waals surface area contributed by atoms with Crippen LogP contribution in [0.25, 0.3) is 0 Å². The molecule has 0 aliphatic heterocycles. The molecule has 0 aliphatic carbocycles. The summed E-state index contributed by atoms with van der Waals surface area (Å²) < 4.78 is 23.4. The van der Waals surface area contributed by atoms with E-state index in [2.05, 4.69) is 10.1 Å². The molecule has 6 heteroatoms. The number of halogens is 1. The standard InChI is InChI=1S/C12H13FN2O3/c1-7(16)10-5-9(13)3-4-11(10)17-6-12-14-8(2)15-18-12/h3-5,7,16H,6H2,1-2H3. The Balaban J connectivity index is 2.13. The number of aliphatic hydroxyl groups excluding tert-OH is 1. The highest BCUT2D eigenvalue weighted by molar-refractivity contribution is 5.35. The number of rotatable bonds is 4. The molecular formula is C12H13FN2O3. The van der Waals surface area contributed by atoms with Crippen molar-refractivity contribution in [2.45, 2.75) is 26.6 Å². The highest BCUT2D eigenvalue weighted by Gasteiger charge is 2.12. The Bertz CT molecular complexity index is 540. The van der Waals surface area contributed by atoms with Gasteiger partial charge in [-0.2, -0.15) is 4.98 Å². The third-order valence-electron chi connectivity index (χ3n) is 2.34. The van der Waals surface area contributed by atoms with Crippen LogP contribution in [0.5, 0.6) is 5.75 Å². The molecule has 1 N–H and O–H groups in total. The van der Waals surface area contributed by atoms with Crippen LogP contribution in [0.1, 0.15) is 30.3 Å². The van der Waals surface area contributed by atoms with E-state index >= 15 is 0 Å². The minimum atomic E-state index is -0.819. The van der Waals surface area contributed by atoms with E-state index in [0.717, 1.165) is 0 Å². The number of hydrogen-bond donors (Lipinski definition) is 1. The number of aliphatic hydroxyl groups is 1. The van der Waals surface area contributed by atoms with Gasteiger partial charge in [0.1, 0.15) is 11.6 Å². The molecule has 18 heavy (non-hydrogen) atoms. The number of hydrogen-bond acceptors (Lipinski definition) is 5. The molecule has 0 aliphatic rings. The van der Waals surface area contributed by atoms with E-state index in [-0.39, 0.29) is 6.61 Å². The monoisotopic (exact) mass is 252 g/mol. The SMILES string of the molecule is Cc1noc(COc2ccc(F)cc2C(C)O)n1. The lowest BCUT2D eigenvalue weighted by atomic mass is 10.1. The quantitative estimate of drug-likeness (QED) is 0.902. The van der Waals surface area contributed by atoms with Crippen molar-refractivity contribution in [1.29, 1.82) is 0 Å². The first kappa shape index (κ1) is 12.5. The predicted molar refractivity (Wildman–Crippen MR) is 60.4 cm³/mol. The van der Waals surface area contributed by atoms with Gasteiger partial charge in [-0.1, -0.05) is 5.16 Å². The van der Waals surface area contributed by atoms with Crippen molar-refractivity contribution in [3.8, 4) is 5.75 Å². The van der Waals surface area contributed by atoms with Crippen molar-refractivity contribution >= 4 is 0 Å². The molecular weight excluding hydrogens is 239 g/mol. The molecule has 0 fully saturated rings. The van der Waals surface area contributed by atoms with E-state index in [9.17, 15) is 9.50 Å². The summed E-state index contributed by atoms with van der Waals surface area (Å²) in [7, 11) is 0. The largest absolute Gasteiger partial charge is 0.483 e. The second kappa shape index (κ2) is 5.14. The van der Waals surface area contributed by atoms with Crippen LogP contribution in [0.3, 0.4) is 0 Å². The first-order valence-corrected chi connectivity index (χ1v) is 5.46. The Labute approximate surface area is 103 Å². The molecule has 1 atom stereocenters. The molecule has 0 amide bonds. The average Bonchev–Trinajstić information content (AvgIpc) is 2.73. The van der Waals surface area contributed by atoms with Crippen LogP contribution < -0.4 is 4.74 Å². The fourth-order valence-electron chi connectivity index (χ4n) is 1.52. The molecule has 0 radical (unpaired) electrons. The molecule has 0 saturated carbocycles. The van der Waals surface area contributed by atoms with Crippen molar-refractivity contribution in [1.82, 2.24) is 10.1 Å². The second-order valence-corrected chi connectivity index (χ2v) is 3.88. The molecule has 1 aromatic carbocycles. The van der Waals surface area contributed by atoms with E-state index in [4.69, 9.17) is 9.26 Å². The molecule has 5 nitrogen and oxygen atoms in total. The van der Waals surface area contributed by atoms with Crippen LogP contribution in [0.2, 0.25) is 0 Å². The zero-order valence-electron chi connectivity index (χ0n) is 10.1. The molecule has 96 valence electrons. The van der Waals surface area contributed by atoms with E-state index in [1.807, 2.05) is 0 Å². The number of nitrogens with zero attached hydrogens (tertiary/aromatic N) is 2. The predicted octanol–water partition coefficient (Wildman–Crippen LogP) is 2.15. The van der Waals surface area contributed by atoms with Crippen LogP contribution in [0, 0.1) is 12.7 Å². The third-order valence-corrected chi connectivity index (χ3v) is 2.34. The number of ether oxygens (including phenoxy) is 1. The van der Waals surface area contributed by atoms with Crippen molar-refractivity contribution in [2.24, 2.45) is 0 Å². The Morgan fingerprint density at radius 1 is 1.50 bits per heavy atom. The summed E-state index contributed by atoms with van der Waals surface area (Å²) in [5.74, 6) is 0.811. The van der Waals surface area contributed by atoms with Crippen LogP contribution in [0.4, 0.5) is 4.39 Å². The van der Waals surface area contributed by atoms with E-state index in [1.165, 1.54) is 18.2 Å². The van der Waals surface area contributed by atoms with Gasteiger partial charge in [-0.15, -0.1) is 0 Å². The van der Waals surface area contributed by atoms with Crippen molar-refractivity contribution in [2.75, 3.05) is 0 Å². The van der Waals surface area contributed by atoms with Gasteiger partial charge >= 0.3 is 0 Å². The zero-order valence-corrected chi connectivity index (χ0v) is 10.1. The van der Waals surface area contributed by atoms with E-state index < -0.39 is 11.9 Å². The van der Waals surface area contributed by atoms with Gasteiger partial charge in [0, 0.05) is 5.56 Å². The van der Waals surface area contributed by atoms with Crippen LogP contribution in [-0.2, 0) is 6.61 Å². The molecule has 1 aromatic heterocycles. The van der Waals surface area contributed by atoms with Crippen LogP contribution in [-0.4, -0.2) is 15.2 Å². The molecule has 2 aromatic rings. The molecule has 1 unspecified atom stereocenters. The summed E-state index contributed by atoms with van der Waals surface area (Å²) in [6.07, 6.45) is -0.819. The average molecular weight is 252 g/mol. The molecule has 0 bridgehead atoms. The lowest BCUT2D eigenvalue weighted by Gasteiger charge is -2.12. The topological polar surface area (TPSA) is 68.4 Å². The summed E-state index contributed by atoms with van der Waals surface area (Å²) >= 11 is 0. The van der Waals surface area contributed by atoms with Gasteiger partial charge in [0.05, 0.1) is 6.10 Å². The van der Waals surface area contributed by atoms with Crippen LogP contribution >= 0.6 is 0 Å². The van der Waals surface area contributed by atoms with Gasteiger partial charge in [-0.3, -0.25) is 0 Å². The number of aromatic nitrogens is 2. The maximum Gasteiger partial charge on any atom is 0.264 e. The first-order chi connectivity index (χ1) is 8.56. The highest BCUT2D eigenvalue weighted by atomic mass is 19.1. The van der Waals surface area contributed by atoms with Crippen molar-refractivity contribution < 1.29 is 18.8 Å². The second-order valence-electron chi connectivity index (χ2n) is 3.88. The van der Waals surface area contributed by atoms with Gasteiger partial charge in [-0.05, 0) is 32.0 Å². The molecule has 1 heterocycles. The number of benzene rings is 1. The van der Waals surface area contributed by atoms with Gasteiger partial charge in [0.15, 0.2) is 12.4 Å². The van der Waals surface area contributed by atoms with E-state index in [1.54, 1.807) is 13.8 Å². The Morgan fingerprint density at radius 3 is 2.89 bits per heavy atom. The lowest BCUT2D eigenvalue weighted by molar-refractivity contribution is 0.184. The van der Waals surface area contributed by atoms with Crippen molar-refractivity contribution in [3.05, 3.63) is 41.3 Å². The molecule has 2 rings (SSSR count). The van der Waals surface area contributed by atoms with Crippen molar-refractivity contribution in [3.63, 3.8) is 0 Å². The summed E-state index contributed by atoms with van der Waals surface area (Å²) in [5, 5.41) is 13.2. The molecule has 0 spiro atoms.